The molecular weight excluding hydrogens is 258 g/mol. The third kappa shape index (κ3) is 4.36. The Kier molecular flexibility index (Phi) is 5.46. The first-order valence-corrected chi connectivity index (χ1v) is 7.73. The highest BCUT2D eigenvalue weighted by molar-refractivity contribution is 6.31. The highest BCUT2D eigenvalue weighted by atomic mass is 35.5. The quantitative estimate of drug-likeness (QED) is 0.791. The van der Waals surface area contributed by atoms with Crippen molar-refractivity contribution in [2.24, 2.45) is 5.92 Å². The molecular formula is C15H24ClN3. The second-order valence-corrected chi connectivity index (χ2v) is 5.67. The fraction of sp³-hybridized carbons (Fsp3) is 0.667. The SMILES string of the molecule is CCCN(CC1CC1)c1ccc(Cl)c(CNCC)n1. The van der Waals surface area contributed by atoms with E-state index in [1.165, 1.54) is 12.8 Å². The summed E-state index contributed by atoms with van der Waals surface area (Å²) >= 11 is 6.21. The number of halogens is 1. The van der Waals surface area contributed by atoms with Crippen molar-refractivity contribution in [3.05, 3.63) is 22.8 Å². The zero-order valence-corrected chi connectivity index (χ0v) is 12.7. The van der Waals surface area contributed by atoms with Gasteiger partial charge in [0.2, 0.25) is 0 Å². The van der Waals surface area contributed by atoms with Crippen LogP contribution in [0.1, 0.15) is 38.8 Å². The maximum atomic E-state index is 6.21. The number of pyridine rings is 1. The molecule has 0 spiro atoms. The highest BCUT2D eigenvalue weighted by Crippen LogP contribution is 2.31. The fourth-order valence-corrected chi connectivity index (χ4v) is 2.37. The molecule has 0 aromatic carbocycles. The molecule has 4 heteroatoms. The van der Waals surface area contributed by atoms with Crippen LogP contribution in [0.15, 0.2) is 12.1 Å². The first-order chi connectivity index (χ1) is 9.24. The van der Waals surface area contributed by atoms with Crippen LogP contribution < -0.4 is 10.2 Å². The van der Waals surface area contributed by atoms with Gasteiger partial charge in [-0.3, -0.25) is 0 Å². The van der Waals surface area contributed by atoms with E-state index in [1.807, 2.05) is 6.07 Å². The summed E-state index contributed by atoms with van der Waals surface area (Å²) in [6.45, 7) is 8.20. The van der Waals surface area contributed by atoms with E-state index in [1.54, 1.807) is 0 Å². The van der Waals surface area contributed by atoms with Crippen LogP contribution in [-0.4, -0.2) is 24.6 Å². The number of nitrogens with one attached hydrogen (secondary N) is 1. The number of hydrogen-bond donors (Lipinski definition) is 1. The Morgan fingerprint density at radius 2 is 2.16 bits per heavy atom. The number of rotatable bonds is 8. The van der Waals surface area contributed by atoms with Crippen LogP contribution in [0.4, 0.5) is 5.82 Å². The predicted octanol–water partition coefficient (Wildman–Crippen LogP) is 3.47. The summed E-state index contributed by atoms with van der Waals surface area (Å²) in [5.74, 6) is 1.95. The molecule has 1 saturated carbocycles. The Morgan fingerprint density at radius 3 is 2.79 bits per heavy atom. The van der Waals surface area contributed by atoms with E-state index >= 15 is 0 Å². The van der Waals surface area contributed by atoms with Crippen LogP contribution in [0.25, 0.3) is 0 Å². The summed E-state index contributed by atoms with van der Waals surface area (Å²) in [6, 6.07) is 4.03. The summed E-state index contributed by atoms with van der Waals surface area (Å²) < 4.78 is 0. The lowest BCUT2D eigenvalue weighted by Gasteiger charge is -2.24. The molecule has 0 saturated heterocycles. The molecule has 0 radical (unpaired) electrons. The van der Waals surface area contributed by atoms with Crippen LogP contribution in [0.2, 0.25) is 5.02 Å². The number of anilines is 1. The van der Waals surface area contributed by atoms with Gasteiger partial charge in [-0.2, -0.15) is 0 Å². The Labute approximate surface area is 121 Å². The van der Waals surface area contributed by atoms with Crippen LogP contribution in [0.3, 0.4) is 0 Å². The summed E-state index contributed by atoms with van der Waals surface area (Å²) in [5.41, 5.74) is 0.956. The van der Waals surface area contributed by atoms with Gasteiger partial charge in [-0.1, -0.05) is 25.4 Å². The van der Waals surface area contributed by atoms with E-state index in [4.69, 9.17) is 16.6 Å². The van der Waals surface area contributed by atoms with E-state index in [-0.39, 0.29) is 0 Å². The first-order valence-electron chi connectivity index (χ1n) is 7.35. The van der Waals surface area contributed by atoms with Crippen LogP contribution in [0.5, 0.6) is 0 Å². The summed E-state index contributed by atoms with van der Waals surface area (Å²) in [6.07, 6.45) is 3.90. The van der Waals surface area contributed by atoms with Crippen molar-refractivity contribution >= 4 is 17.4 Å². The Balaban J connectivity index is 2.10. The second-order valence-electron chi connectivity index (χ2n) is 5.27. The molecule has 0 amide bonds. The molecule has 0 bridgehead atoms. The van der Waals surface area contributed by atoms with Gasteiger partial charge >= 0.3 is 0 Å². The Hall–Kier alpha value is -0.800. The van der Waals surface area contributed by atoms with Gasteiger partial charge in [0.15, 0.2) is 0 Å². The largest absolute Gasteiger partial charge is 0.356 e. The maximum Gasteiger partial charge on any atom is 0.128 e. The monoisotopic (exact) mass is 281 g/mol. The first kappa shape index (κ1) is 14.6. The van der Waals surface area contributed by atoms with Crippen molar-refractivity contribution in [3.8, 4) is 0 Å². The number of nitrogens with zero attached hydrogens (tertiary/aromatic N) is 2. The van der Waals surface area contributed by atoms with E-state index < -0.39 is 0 Å². The van der Waals surface area contributed by atoms with E-state index in [9.17, 15) is 0 Å². The van der Waals surface area contributed by atoms with Gasteiger partial charge in [0.25, 0.3) is 0 Å². The van der Waals surface area contributed by atoms with Crippen LogP contribution in [-0.2, 0) is 6.54 Å². The fourth-order valence-electron chi connectivity index (χ4n) is 2.20. The lowest BCUT2D eigenvalue weighted by molar-refractivity contribution is 0.684. The average Bonchev–Trinajstić information content (AvgIpc) is 3.21. The molecule has 1 aliphatic carbocycles. The highest BCUT2D eigenvalue weighted by Gasteiger charge is 2.24. The lowest BCUT2D eigenvalue weighted by Crippen LogP contribution is -2.28. The van der Waals surface area contributed by atoms with Gasteiger partial charge in [0, 0.05) is 19.6 Å². The minimum Gasteiger partial charge on any atom is -0.356 e. The summed E-state index contributed by atoms with van der Waals surface area (Å²) in [4.78, 5) is 7.15. The minimum atomic E-state index is 0.743. The molecule has 1 aliphatic rings. The van der Waals surface area contributed by atoms with Crippen molar-refractivity contribution in [2.75, 3.05) is 24.5 Å². The molecule has 1 N–H and O–H groups in total. The van der Waals surface area contributed by atoms with E-state index in [0.29, 0.717) is 0 Å². The molecule has 19 heavy (non-hydrogen) atoms. The molecule has 1 aromatic heterocycles. The van der Waals surface area contributed by atoms with Crippen molar-refractivity contribution in [3.63, 3.8) is 0 Å². The molecule has 3 nitrogen and oxygen atoms in total. The molecule has 0 aliphatic heterocycles. The molecule has 1 aromatic rings. The minimum absolute atomic E-state index is 0.743. The molecule has 106 valence electrons. The molecule has 1 fully saturated rings. The normalized spacial score (nSPS) is 14.7. The zero-order chi connectivity index (χ0) is 13.7. The average molecular weight is 282 g/mol. The van der Waals surface area contributed by atoms with Crippen LogP contribution in [0, 0.1) is 5.92 Å². The smallest absolute Gasteiger partial charge is 0.128 e. The predicted molar refractivity (Wildman–Crippen MR) is 81.9 cm³/mol. The zero-order valence-electron chi connectivity index (χ0n) is 12.0. The van der Waals surface area contributed by atoms with E-state index in [0.717, 1.165) is 55.1 Å². The number of hydrogen-bond acceptors (Lipinski definition) is 3. The van der Waals surface area contributed by atoms with Gasteiger partial charge in [-0.05, 0) is 43.9 Å². The summed E-state index contributed by atoms with van der Waals surface area (Å²) in [5, 5.41) is 4.05. The maximum absolute atomic E-state index is 6.21. The van der Waals surface area contributed by atoms with Crippen molar-refractivity contribution in [2.45, 2.75) is 39.7 Å². The van der Waals surface area contributed by atoms with Gasteiger partial charge in [0.1, 0.15) is 5.82 Å². The third-order valence-corrected chi connectivity index (χ3v) is 3.78. The number of aromatic nitrogens is 1. The van der Waals surface area contributed by atoms with E-state index in [2.05, 4.69) is 30.1 Å². The summed E-state index contributed by atoms with van der Waals surface area (Å²) in [7, 11) is 0. The van der Waals surface area contributed by atoms with Gasteiger partial charge < -0.3 is 10.2 Å². The van der Waals surface area contributed by atoms with Gasteiger partial charge in [0.05, 0.1) is 10.7 Å². The topological polar surface area (TPSA) is 28.2 Å². The Bertz CT molecular complexity index is 404. The van der Waals surface area contributed by atoms with Crippen molar-refractivity contribution in [1.29, 1.82) is 0 Å². The molecule has 0 atom stereocenters. The molecule has 2 rings (SSSR count). The third-order valence-electron chi connectivity index (χ3n) is 3.44. The lowest BCUT2D eigenvalue weighted by atomic mass is 10.3. The van der Waals surface area contributed by atoms with Gasteiger partial charge in [-0.15, -0.1) is 0 Å². The molecule has 1 heterocycles. The molecule has 0 unspecified atom stereocenters. The van der Waals surface area contributed by atoms with Crippen LogP contribution >= 0.6 is 11.6 Å². The standard InChI is InChI=1S/C15H24ClN3/c1-3-9-19(11-12-5-6-12)15-8-7-13(16)14(18-15)10-17-4-2/h7-8,12,17H,3-6,9-11H2,1-2H3. The Morgan fingerprint density at radius 1 is 1.37 bits per heavy atom. The van der Waals surface area contributed by atoms with Crippen molar-refractivity contribution < 1.29 is 0 Å². The van der Waals surface area contributed by atoms with Gasteiger partial charge in [-0.25, -0.2) is 4.98 Å². The van der Waals surface area contributed by atoms with Crippen molar-refractivity contribution in [1.82, 2.24) is 10.3 Å². The second kappa shape index (κ2) is 7.11.